The van der Waals surface area contributed by atoms with E-state index in [1.165, 1.54) is 31.6 Å². The maximum Gasteiger partial charge on any atom is 0.257 e. The standard InChI is InChI=1S/C18H21N7O4S/c1-23-16-14(10-22-23)17(21-11-20-16)24-5-7-25(8-6-24)18(26)13-9-12(30(19,27)28)3-4-15(13)29-2/h3-4,9-11H,5-8H2,1-2H3,(H2,19,27,28). The Morgan fingerprint density at radius 1 is 1.17 bits per heavy atom. The number of piperazine rings is 1. The van der Waals surface area contributed by atoms with Crippen LogP contribution in [0.4, 0.5) is 5.82 Å². The predicted molar refractivity (Wildman–Crippen MR) is 109 cm³/mol. The molecule has 12 heteroatoms. The molecule has 1 aliphatic rings. The number of carbonyl (C=O) groups is 1. The Morgan fingerprint density at radius 3 is 2.57 bits per heavy atom. The molecule has 0 bridgehead atoms. The van der Waals surface area contributed by atoms with E-state index in [0.717, 1.165) is 16.9 Å². The van der Waals surface area contributed by atoms with Gasteiger partial charge >= 0.3 is 0 Å². The number of aromatic nitrogens is 4. The van der Waals surface area contributed by atoms with Gasteiger partial charge in [-0.3, -0.25) is 9.48 Å². The number of anilines is 1. The van der Waals surface area contributed by atoms with Crippen molar-refractivity contribution in [2.45, 2.75) is 4.90 Å². The Hall–Kier alpha value is -3.25. The number of hydrogen-bond acceptors (Lipinski definition) is 8. The highest BCUT2D eigenvalue weighted by molar-refractivity contribution is 7.89. The summed E-state index contributed by atoms with van der Waals surface area (Å²) in [5.41, 5.74) is 0.900. The topological polar surface area (TPSA) is 137 Å². The summed E-state index contributed by atoms with van der Waals surface area (Å²) >= 11 is 0. The summed E-state index contributed by atoms with van der Waals surface area (Å²) in [6.45, 7) is 1.99. The van der Waals surface area contributed by atoms with Gasteiger partial charge < -0.3 is 14.5 Å². The SMILES string of the molecule is COc1ccc(S(N)(=O)=O)cc1C(=O)N1CCN(c2ncnc3c2cnn3C)CC1. The number of primary sulfonamides is 1. The van der Waals surface area contributed by atoms with Gasteiger partial charge in [0.25, 0.3) is 5.91 Å². The van der Waals surface area contributed by atoms with E-state index >= 15 is 0 Å². The van der Waals surface area contributed by atoms with Crippen molar-refractivity contribution in [2.75, 3.05) is 38.2 Å². The van der Waals surface area contributed by atoms with E-state index in [1.807, 2.05) is 7.05 Å². The molecule has 1 aliphatic heterocycles. The van der Waals surface area contributed by atoms with Gasteiger partial charge in [-0.25, -0.2) is 23.5 Å². The number of carbonyl (C=O) groups excluding carboxylic acids is 1. The number of amides is 1. The summed E-state index contributed by atoms with van der Waals surface area (Å²) in [7, 11) is -0.691. The molecule has 1 amide bonds. The number of rotatable bonds is 4. The van der Waals surface area contributed by atoms with Crippen molar-refractivity contribution < 1.29 is 17.9 Å². The normalized spacial score (nSPS) is 14.9. The van der Waals surface area contributed by atoms with Crippen molar-refractivity contribution in [3.05, 3.63) is 36.3 Å². The Kier molecular flexibility index (Phi) is 5.03. The molecule has 30 heavy (non-hydrogen) atoms. The van der Waals surface area contributed by atoms with Crippen molar-refractivity contribution in [2.24, 2.45) is 12.2 Å². The van der Waals surface area contributed by atoms with Gasteiger partial charge in [-0.1, -0.05) is 0 Å². The van der Waals surface area contributed by atoms with E-state index in [2.05, 4.69) is 20.0 Å². The third-order valence-electron chi connectivity index (χ3n) is 5.10. The number of sulfonamides is 1. The van der Waals surface area contributed by atoms with Crippen LogP contribution in [0.3, 0.4) is 0 Å². The fraction of sp³-hybridized carbons (Fsp3) is 0.333. The van der Waals surface area contributed by atoms with Gasteiger partial charge in [0.05, 0.1) is 29.2 Å². The Morgan fingerprint density at radius 2 is 1.90 bits per heavy atom. The maximum absolute atomic E-state index is 13.1. The largest absolute Gasteiger partial charge is 0.496 e. The van der Waals surface area contributed by atoms with Crippen LogP contribution in [-0.2, 0) is 17.1 Å². The zero-order valence-corrected chi connectivity index (χ0v) is 17.3. The molecule has 3 aromatic rings. The first-order valence-corrected chi connectivity index (χ1v) is 10.7. The summed E-state index contributed by atoms with van der Waals surface area (Å²) in [5.74, 6) is 0.753. The molecule has 0 radical (unpaired) electrons. The van der Waals surface area contributed by atoms with Gasteiger partial charge in [-0.15, -0.1) is 0 Å². The highest BCUT2D eigenvalue weighted by atomic mass is 32.2. The second-order valence-corrected chi connectivity index (χ2v) is 8.45. The molecule has 11 nitrogen and oxygen atoms in total. The number of fused-ring (bicyclic) bond motifs is 1. The van der Waals surface area contributed by atoms with Crippen LogP contribution in [0.15, 0.2) is 35.6 Å². The van der Waals surface area contributed by atoms with Gasteiger partial charge in [0.2, 0.25) is 10.0 Å². The second kappa shape index (κ2) is 7.54. The summed E-state index contributed by atoms with van der Waals surface area (Å²) in [6, 6.07) is 4.01. The fourth-order valence-corrected chi connectivity index (χ4v) is 4.06. The van der Waals surface area contributed by atoms with Crippen molar-refractivity contribution in [3.8, 4) is 5.75 Å². The van der Waals surface area contributed by atoms with Crippen molar-refractivity contribution >= 4 is 32.8 Å². The molecule has 1 saturated heterocycles. The van der Waals surface area contributed by atoms with Crippen molar-refractivity contribution in [1.29, 1.82) is 0 Å². The molecule has 0 aliphatic carbocycles. The second-order valence-electron chi connectivity index (χ2n) is 6.89. The van der Waals surface area contributed by atoms with E-state index in [9.17, 15) is 13.2 Å². The Labute approximate surface area is 173 Å². The van der Waals surface area contributed by atoms with E-state index < -0.39 is 10.0 Å². The van der Waals surface area contributed by atoms with Crippen LogP contribution >= 0.6 is 0 Å². The molecule has 0 saturated carbocycles. The first kappa shape index (κ1) is 20.0. The highest BCUT2D eigenvalue weighted by Gasteiger charge is 2.27. The molecule has 0 atom stereocenters. The van der Waals surface area contributed by atoms with Crippen LogP contribution in [0.1, 0.15) is 10.4 Å². The number of hydrogen-bond donors (Lipinski definition) is 1. The molecule has 0 unspecified atom stereocenters. The van der Waals surface area contributed by atoms with Gasteiger partial charge in [-0.05, 0) is 18.2 Å². The van der Waals surface area contributed by atoms with Crippen molar-refractivity contribution in [3.63, 3.8) is 0 Å². The summed E-state index contributed by atoms with van der Waals surface area (Å²) in [6.07, 6.45) is 3.23. The van der Waals surface area contributed by atoms with Crippen LogP contribution in [0, 0.1) is 0 Å². The summed E-state index contributed by atoms with van der Waals surface area (Å²) in [5, 5.41) is 10.3. The molecule has 2 aromatic heterocycles. The lowest BCUT2D eigenvalue weighted by molar-refractivity contribution is 0.0743. The van der Waals surface area contributed by atoms with E-state index in [-0.39, 0.29) is 16.4 Å². The lowest BCUT2D eigenvalue weighted by Crippen LogP contribution is -2.49. The van der Waals surface area contributed by atoms with Gasteiger partial charge in [-0.2, -0.15) is 5.10 Å². The quantitative estimate of drug-likeness (QED) is 0.609. The molecule has 1 aromatic carbocycles. The fourth-order valence-electron chi connectivity index (χ4n) is 3.52. The minimum absolute atomic E-state index is 0.134. The average Bonchev–Trinajstić information content (AvgIpc) is 3.13. The van der Waals surface area contributed by atoms with Crippen LogP contribution in [0.5, 0.6) is 5.75 Å². The highest BCUT2D eigenvalue weighted by Crippen LogP contribution is 2.26. The van der Waals surface area contributed by atoms with Crippen LogP contribution in [0.25, 0.3) is 11.0 Å². The number of benzene rings is 1. The Balaban J connectivity index is 1.55. The molecule has 4 rings (SSSR count). The number of aryl methyl sites for hydroxylation is 1. The van der Waals surface area contributed by atoms with E-state index in [1.54, 1.807) is 15.8 Å². The maximum atomic E-state index is 13.1. The lowest BCUT2D eigenvalue weighted by Gasteiger charge is -2.35. The number of nitrogens with two attached hydrogens (primary N) is 1. The minimum atomic E-state index is -3.93. The molecule has 158 valence electrons. The van der Waals surface area contributed by atoms with Crippen LogP contribution < -0.4 is 14.8 Å². The smallest absolute Gasteiger partial charge is 0.257 e. The van der Waals surface area contributed by atoms with E-state index in [0.29, 0.717) is 31.9 Å². The van der Waals surface area contributed by atoms with Crippen LogP contribution in [0.2, 0.25) is 0 Å². The summed E-state index contributed by atoms with van der Waals surface area (Å²) in [4.78, 5) is 25.3. The third-order valence-corrected chi connectivity index (χ3v) is 6.02. The van der Waals surface area contributed by atoms with E-state index in [4.69, 9.17) is 9.88 Å². The molecular formula is C18H21N7O4S. The lowest BCUT2D eigenvalue weighted by atomic mass is 10.1. The minimum Gasteiger partial charge on any atom is -0.496 e. The molecule has 1 fully saturated rings. The van der Waals surface area contributed by atoms with Gasteiger partial charge in [0, 0.05) is 33.2 Å². The van der Waals surface area contributed by atoms with Crippen LogP contribution in [-0.4, -0.2) is 72.3 Å². The summed E-state index contributed by atoms with van der Waals surface area (Å²) < 4.78 is 30.3. The van der Waals surface area contributed by atoms with Crippen molar-refractivity contribution in [1.82, 2.24) is 24.6 Å². The molecule has 0 spiro atoms. The Bertz CT molecular complexity index is 1220. The number of nitrogens with zero attached hydrogens (tertiary/aromatic N) is 6. The number of ether oxygens (including phenoxy) is 1. The zero-order chi connectivity index (χ0) is 21.5. The zero-order valence-electron chi connectivity index (χ0n) is 16.5. The predicted octanol–water partition coefficient (Wildman–Crippen LogP) is -0.0183. The molecule has 2 N–H and O–H groups in total. The third kappa shape index (κ3) is 3.55. The molecular weight excluding hydrogens is 410 g/mol. The average molecular weight is 431 g/mol. The molecule has 3 heterocycles. The number of methoxy groups -OCH3 is 1. The monoisotopic (exact) mass is 431 g/mol. The van der Waals surface area contributed by atoms with Gasteiger partial charge in [0.15, 0.2) is 5.65 Å². The van der Waals surface area contributed by atoms with Gasteiger partial charge in [0.1, 0.15) is 17.9 Å². The first-order valence-electron chi connectivity index (χ1n) is 9.17. The first-order chi connectivity index (χ1) is 14.3.